The molecule has 6 nitrogen and oxygen atoms in total. The molecule has 0 aliphatic carbocycles. The first-order valence-electron chi connectivity index (χ1n) is 7.21. The first-order chi connectivity index (χ1) is 10.1. The largest absolute Gasteiger partial charge is 0.480 e. The molecule has 6 heteroatoms. The predicted octanol–water partition coefficient (Wildman–Crippen LogP) is 1.18. The van der Waals surface area contributed by atoms with E-state index in [-0.39, 0.29) is 12.6 Å². The van der Waals surface area contributed by atoms with Crippen LogP contribution in [0.15, 0.2) is 18.2 Å². The lowest BCUT2D eigenvalue weighted by Gasteiger charge is -2.37. The van der Waals surface area contributed by atoms with Gasteiger partial charge in [-0.1, -0.05) is 6.07 Å². The highest BCUT2D eigenvalue weighted by Crippen LogP contribution is 2.35. The Balaban J connectivity index is 1.61. The minimum absolute atomic E-state index is 0.131. The molecule has 1 fully saturated rings. The van der Waals surface area contributed by atoms with E-state index in [0.29, 0.717) is 6.79 Å². The van der Waals surface area contributed by atoms with E-state index in [1.54, 1.807) is 0 Å². The maximum atomic E-state index is 10.7. The zero-order chi connectivity index (χ0) is 14.8. The summed E-state index contributed by atoms with van der Waals surface area (Å²) < 4.78 is 10.8. The molecular formula is C15H20N2O4. The molecule has 0 amide bonds. The number of hydrogen-bond donors (Lipinski definition) is 1. The Hall–Kier alpha value is -1.79. The summed E-state index contributed by atoms with van der Waals surface area (Å²) in [6, 6.07) is 6.35. The van der Waals surface area contributed by atoms with Crippen molar-refractivity contribution in [2.45, 2.75) is 13.0 Å². The Bertz CT molecular complexity index is 526. The summed E-state index contributed by atoms with van der Waals surface area (Å²) in [6.45, 7) is 5.94. The molecule has 114 valence electrons. The van der Waals surface area contributed by atoms with Crippen LogP contribution in [0, 0.1) is 0 Å². The molecule has 0 saturated carbocycles. The fourth-order valence-electron chi connectivity index (χ4n) is 2.88. The average Bonchev–Trinajstić information content (AvgIpc) is 2.94. The number of benzene rings is 1. The molecule has 2 aliphatic rings. The quantitative estimate of drug-likeness (QED) is 0.899. The number of carbonyl (C=O) groups is 1. The zero-order valence-corrected chi connectivity index (χ0v) is 12.1. The van der Waals surface area contributed by atoms with Crippen molar-refractivity contribution in [3.8, 4) is 11.5 Å². The second-order valence-electron chi connectivity index (χ2n) is 5.49. The van der Waals surface area contributed by atoms with Crippen molar-refractivity contribution in [3.05, 3.63) is 23.8 Å². The van der Waals surface area contributed by atoms with Crippen LogP contribution in [0.1, 0.15) is 18.5 Å². The van der Waals surface area contributed by atoms with Crippen LogP contribution in [0.2, 0.25) is 0 Å². The second kappa shape index (κ2) is 5.91. The molecule has 0 spiro atoms. The third kappa shape index (κ3) is 3.11. The fraction of sp³-hybridized carbons (Fsp3) is 0.533. The summed E-state index contributed by atoms with van der Waals surface area (Å²) in [5, 5.41) is 8.83. The monoisotopic (exact) mass is 292 g/mol. The van der Waals surface area contributed by atoms with Crippen molar-refractivity contribution >= 4 is 5.97 Å². The Morgan fingerprint density at radius 1 is 1.24 bits per heavy atom. The molecule has 0 bridgehead atoms. The molecule has 0 aromatic heterocycles. The Morgan fingerprint density at radius 3 is 2.67 bits per heavy atom. The SMILES string of the molecule is CC(c1ccc2c(c1)OCO2)N1CCN(CC(=O)O)CC1. The third-order valence-electron chi connectivity index (χ3n) is 4.19. The van der Waals surface area contributed by atoms with E-state index >= 15 is 0 Å². The summed E-state index contributed by atoms with van der Waals surface area (Å²) in [4.78, 5) is 15.1. The van der Waals surface area contributed by atoms with Crippen LogP contribution in [0.4, 0.5) is 0 Å². The van der Waals surface area contributed by atoms with Gasteiger partial charge in [0.2, 0.25) is 6.79 Å². The first kappa shape index (κ1) is 14.2. The van der Waals surface area contributed by atoms with E-state index in [1.165, 1.54) is 5.56 Å². The van der Waals surface area contributed by atoms with Gasteiger partial charge in [0, 0.05) is 32.2 Å². The fourth-order valence-corrected chi connectivity index (χ4v) is 2.88. The van der Waals surface area contributed by atoms with Crippen LogP contribution < -0.4 is 9.47 Å². The maximum absolute atomic E-state index is 10.7. The van der Waals surface area contributed by atoms with E-state index < -0.39 is 5.97 Å². The molecule has 1 unspecified atom stereocenters. The van der Waals surface area contributed by atoms with Crippen molar-refractivity contribution < 1.29 is 19.4 Å². The number of hydrogen-bond acceptors (Lipinski definition) is 5. The Kier molecular flexibility index (Phi) is 3.98. The summed E-state index contributed by atoms with van der Waals surface area (Å²) in [5.74, 6) is 0.855. The maximum Gasteiger partial charge on any atom is 0.317 e. The smallest absolute Gasteiger partial charge is 0.317 e. The van der Waals surface area contributed by atoms with Gasteiger partial charge in [0.05, 0.1) is 6.54 Å². The molecule has 2 heterocycles. The molecular weight excluding hydrogens is 272 g/mol. The highest BCUT2D eigenvalue weighted by atomic mass is 16.7. The van der Waals surface area contributed by atoms with E-state index in [9.17, 15) is 4.79 Å². The van der Waals surface area contributed by atoms with Gasteiger partial charge in [-0.2, -0.15) is 0 Å². The van der Waals surface area contributed by atoms with Crippen molar-refractivity contribution in [2.75, 3.05) is 39.5 Å². The number of piperazine rings is 1. The van der Waals surface area contributed by atoms with Gasteiger partial charge in [0.25, 0.3) is 0 Å². The minimum atomic E-state index is -0.757. The standard InChI is InChI=1S/C15H20N2O4/c1-11(12-2-3-13-14(8-12)21-10-20-13)17-6-4-16(5-7-17)9-15(18)19/h2-3,8,11H,4-7,9-10H2,1H3,(H,18,19). The minimum Gasteiger partial charge on any atom is -0.480 e. The summed E-state index contributed by atoms with van der Waals surface area (Å²) >= 11 is 0. The van der Waals surface area contributed by atoms with Gasteiger partial charge < -0.3 is 14.6 Å². The molecule has 1 N–H and O–H groups in total. The number of carboxylic acid groups (broad SMARTS) is 1. The highest BCUT2D eigenvalue weighted by molar-refractivity contribution is 5.69. The summed E-state index contributed by atoms with van der Waals surface area (Å²) in [6.07, 6.45) is 0. The van der Waals surface area contributed by atoms with E-state index in [2.05, 4.69) is 17.9 Å². The average molecular weight is 292 g/mol. The predicted molar refractivity (Wildman–Crippen MR) is 76.6 cm³/mol. The Morgan fingerprint density at radius 2 is 1.95 bits per heavy atom. The van der Waals surface area contributed by atoms with Gasteiger partial charge >= 0.3 is 5.97 Å². The first-order valence-corrected chi connectivity index (χ1v) is 7.21. The van der Waals surface area contributed by atoms with Gasteiger partial charge in [-0.05, 0) is 24.6 Å². The molecule has 1 aromatic carbocycles. The van der Waals surface area contributed by atoms with Crippen molar-refractivity contribution in [2.24, 2.45) is 0 Å². The molecule has 1 saturated heterocycles. The molecule has 2 aliphatic heterocycles. The van der Waals surface area contributed by atoms with Gasteiger partial charge in [-0.25, -0.2) is 0 Å². The number of ether oxygens (including phenoxy) is 2. The van der Waals surface area contributed by atoms with Crippen molar-refractivity contribution in [1.82, 2.24) is 9.80 Å². The Labute approximate surface area is 123 Å². The van der Waals surface area contributed by atoms with Crippen molar-refractivity contribution in [1.29, 1.82) is 0 Å². The number of rotatable bonds is 4. The van der Waals surface area contributed by atoms with Crippen LogP contribution in [-0.2, 0) is 4.79 Å². The lowest BCUT2D eigenvalue weighted by atomic mass is 10.1. The topological polar surface area (TPSA) is 62.2 Å². The number of fused-ring (bicyclic) bond motifs is 1. The van der Waals surface area contributed by atoms with Crippen LogP contribution >= 0.6 is 0 Å². The lowest BCUT2D eigenvalue weighted by Crippen LogP contribution is -2.48. The normalized spacial score (nSPS) is 20.4. The number of aliphatic carboxylic acids is 1. The van der Waals surface area contributed by atoms with Crippen LogP contribution in [0.5, 0.6) is 11.5 Å². The molecule has 1 aromatic rings. The lowest BCUT2D eigenvalue weighted by molar-refractivity contribution is -0.138. The molecule has 1 atom stereocenters. The van der Waals surface area contributed by atoms with Crippen LogP contribution in [-0.4, -0.2) is 60.4 Å². The molecule has 3 rings (SSSR count). The van der Waals surface area contributed by atoms with Crippen LogP contribution in [0.3, 0.4) is 0 Å². The number of carboxylic acids is 1. The zero-order valence-electron chi connectivity index (χ0n) is 12.1. The third-order valence-corrected chi connectivity index (χ3v) is 4.19. The molecule has 21 heavy (non-hydrogen) atoms. The van der Waals surface area contributed by atoms with Crippen LogP contribution in [0.25, 0.3) is 0 Å². The van der Waals surface area contributed by atoms with Gasteiger partial charge in [-0.15, -0.1) is 0 Å². The van der Waals surface area contributed by atoms with Gasteiger partial charge in [0.1, 0.15) is 0 Å². The van der Waals surface area contributed by atoms with Crippen molar-refractivity contribution in [3.63, 3.8) is 0 Å². The second-order valence-corrected chi connectivity index (χ2v) is 5.49. The highest BCUT2D eigenvalue weighted by Gasteiger charge is 2.24. The van der Waals surface area contributed by atoms with Gasteiger partial charge in [0.15, 0.2) is 11.5 Å². The summed E-state index contributed by atoms with van der Waals surface area (Å²) in [5.41, 5.74) is 1.20. The summed E-state index contributed by atoms with van der Waals surface area (Å²) in [7, 11) is 0. The van der Waals surface area contributed by atoms with E-state index in [4.69, 9.17) is 14.6 Å². The van der Waals surface area contributed by atoms with E-state index in [1.807, 2.05) is 17.0 Å². The number of nitrogens with zero attached hydrogens (tertiary/aromatic N) is 2. The molecule has 0 radical (unpaired) electrons. The van der Waals surface area contributed by atoms with Gasteiger partial charge in [-0.3, -0.25) is 14.6 Å². The van der Waals surface area contributed by atoms with E-state index in [0.717, 1.165) is 37.7 Å².